The molecule has 39 heavy (non-hydrogen) atoms. The van der Waals surface area contributed by atoms with E-state index in [1.165, 1.54) is 28.2 Å². The van der Waals surface area contributed by atoms with Crippen LogP contribution in [0.1, 0.15) is 28.9 Å². The summed E-state index contributed by atoms with van der Waals surface area (Å²) in [5.41, 5.74) is -2.33. The van der Waals surface area contributed by atoms with Gasteiger partial charge in [-0.3, -0.25) is 4.68 Å². The van der Waals surface area contributed by atoms with E-state index in [1.54, 1.807) is 48.1 Å². The Hall–Kier alpha value is -2.82. The summed E-state index contributed by atoms with van der Waals surface area (Å²) in [6, 6.07) is 10.9. The molecule has 202 valence electrons. The summed E-state index contributed by atoms with van der Waals surface area (Å²) in [4.78, 5) is 19.5. The molecule has 1 aliphatic heterocycles. The number of rotatable bonds is 7. The number of thiazole rings is 1. The number of hydrogen-bond acceptors (Lipinski definition) is 6. The van der Waals surface area contributed by atoms with Gasteiger partial charge in [-0.25, -0.2) is 0 Å². The summed E-state index contributed by atoms with van der Waals surface area (Å²) in [6.45, 7) is 1.55. The van der Waals surface area contributed by atoms with E-state index in [2.05, 4.69) is 32.3 Å². The molecule has 5 rings (SSSR count). The third-order valence-corrected chi connectivity index (χ3v) is 8.72. The number of amides is 1. The molecule has 2 aromatic carbocycles. The first kappa shape index (κ1) is 27.7. The molecule has 2 radical (unpaired) electrons. The second-order valence-corrected chi connectivity index (χ2v) is 12.4. The standard InChI is InChI=1S/C26H22AsF4N5OS2/c27-18-6-4-10-35(14-18)23-19(28)7-3-8-20(23)33-24(37)21-15-38-25(34-21)17-11-32-36(13-17)12-16-5-1-2-9-22(16)39-26(29,30)31/h1-3,5,7-9,11,13,15,18H,4,6,10,12,14H2,(H,33,37)/t18-/m1/s1. The summed E-state index contributed by atoms with van der Waals surface area (Å²) < 4.78 is 55.5. The van der Waals surface area contributed by atoms with E-state index >= 15 is 0 Å². The average Bonchev–Trinajstić information content (AvgIpc) is 3.54. The van der Waals surface area contributed by atoms with Gasteiger partial charge in [-0.1, -0.05) is 18.2 Å². The van der Waals surface area contributed by atoms with Crippen LogP contribution in [-0.2, 0) is 6.54 Å². The van der Waals surface area contributed by atoms with Crippen LogP contribution in [0.15, 0.2) is 65.1 Å². The Morgan fingerprint density at radius 1 is 1.21 bits per heavy atom. The van der Waals surface area contributed by atoms with Gasteiger partial charge in [0.15, 0.2) is 0 Å². The van der Waals surface area contributed by atoms with Crippen LogP contribution in [0.5, 0.6) is 0 Å². The van der Waals surface area contributed by atoms with E-state index in [4.69, 9.17) is 0 Å². The van der Waals surface area contributed by atoms with E-state index < -0.39 is 17.2 Å². The van der Waals surface area contributed by atoms with Gasteiger partial charge in [0, 0.05) is 4.90 Å². The van der Waals surface area contributed by atoms with Crippen molar-refractivity contribution in [2.24, 2.45) is 0 Å². The number of aromatic nitrogens is 3. The summed E-state index contributed by atoms with van der Waals surface area (Å²) in [7, 11) is 0. The molecule has 2 aromatic heterocycles. The number of piperidine rings is 1. The third kappa shape index (κ3) is 6.85. The van der Waals surface area contributed by atoms with E-state index in [0.717, 1.165) is 12.8 Å². The monoisotopic (exact) mass is 635 g/mol. The minimum absolute atomic E-state index is 0.116. The van der Waals surface area contributed by atoms with Crippen LogP contribution in [0.2, 0.25) is 4.71 Å². The van der Waals surface area contributed by atoms with Crippen molar-refractivity contribution in [3.8, 4) is 10.6 Å². The zero-order valence-electron chi connectivity index (χ0n) is 20.4. The molecule has 0 aliphatic carbocycles. The van der Waals surface area contributed by atoms with Crippen molar-refractivity contribution in [2.45, 2.75) is 34.5 Å². The quantitative estimate of drug-likeness (QED) is 0.141. The van der Waals surface area contributed by atoms with Crippen LogP contribution in [0, 0.1) is 5.82 Å². The molecule has 1 saturated heterocycles. The molecule has 1 atom stereocenters. The van der Waals surface area contributed by atoms with E-state index in [-0.39, 0.29) is 28.9 Å². The molecule has 0 saturated carbocycles. The van der Waals surface area contributed by atoms with E-state index in [1.807, 2.05) is 4.90 Å². The summed E-state index contributed by atoms with van der Waals surface area (Å²) in [5.74, 6) is -0.855. The predicted molar refractivity (Wildman–Crippen MR) is 146 cm³/mol. The second kappa shape index (κ2) is 11.7. The number of hydrogen-bond donors (Lipinski definition) is 1. The molecule has 0 spiro atoms. The Balaban J connectivity index is 1.30. The summed E-state index contributed by atoms with van der Waals surface area (Å²) in [5, 5.41) is 9.22. The number of thioether (sulfide) groups is 1. The van der Waals surface area contributed by atoms with Gasteiger partial charge in [-0.15, -0.1) is 0 Å². The van der Waals surface area contributed by atoms with Crippen LogP contribution in [0.3, 0.4) is 0 Å². The van der Waals surface area contributed by atoms with Crippen molar-refractivity contribution < 1.29 is 22.4 Å². The zero-order chi connectivity index (χ0) is 27.6. The number of alkyl halides is 3. The predicted octanol–water partition coefficient (Wildman–Crippen LogP) is 6.62. The minimum atomic E-state index is -4.39. The fraction of sp³-hybridized carbons (Fsp3) is 0.269. The van der Waals surface area contributed by atoms with E-state index in [0.29, 0.717) is 45.3 Å². The Morgan fingerprint density at radius 2 is 2.03 bits per heavy atom. The molecule has 1 aliphatic rings. The number of benzene rings is 2. The maximum atomic E-state index is 14.8. The average molecular weight is 636 g/mol. The first-order valence-corrected chi connectivity index (χ1v) is 14.8. The van der Waals surface area contributed by atoms with Gasteiger partial charge in [0.25, 0.3) is 0 Å². The maximum absolute atomic E-state index is 14.8. The molecule has 0 bridgehead atoms. The normalized spacial score (nSPS) is 15.9. The molecule has 3 heterocycles. The Bertz CT molecular complexity index is 1470. The number of anilines is 2. The zero-order valence-corrected chi connectivity index (χ0v) is 23.9. The number of carbonyl (C=O) groups is 1. The number of carbonyl (C=O) groups excluding carboxylic acids is 1. The SMILES string of the molecule is O=C(Nc1cccc(F)c1N1CCC[C@@H]([As])C1)c1csc(-c2cnn(Cc3ccccc3SC(F)(F)F)c2)n1. The van der Waals surface area contributed by atoms with Crippen molar-refractivity contribution >= 4 is 57.2 Å². The molecule has 1 N–H and O–H groups in total. The van der Waals surface area contributed by atoms with E-state index in [9.17, 15) is 22.4 Å². The number of para-hydroxylation sites is 1. The van der Waals surface area contributed by atoms with Gasteiger partial charge in [-0.2, -0.15) is 18.3 Å². The summed E-state index contributed by atoms with van der Waals surface area (Å²) in [6.07, 6.45) is 5.23. The molecule has 0 unspecified atom stereocenters. The first-order chi connectivity index (χ1) is 18.7. The van der Waals surface area contributed by atoms with Crippen LogP contribution in [0.25, 0.3) is 10.6 Å². The Kier molecular flexibility index (Phi) is 8.34. The Labute approximate surface area is 239 Å². The number of nitrogens with one attached hydrogen (secondary N) is 1. The van der Waals surface area contributed by atoms with Gasteiger partial charge in [-0.05, 0) is 23.4 Å². The topological polar surface area (TPSA) is 63.1 Å². The molecule has 1 fully saturated rings. The fourth-order valence-corrected chi connectivity index (χ4v) is 6.62. The van der Waals surface area contributed by atoms with Crippen LogP contribution >= 0.6 is 23.1 Å². The van der Waals surface area contributed by atoms with Crippen molar-refractivity contribution in [1.29, 1.82) is 0 Å². The van der Waals surface area contributed by atoms with Gasteiger partial charge >= 0.3 is 164 Å². The van der Waals surface area contributed by atoms with Crippen molar-refractivity contribution in [1.82, 2.24) is 14.8 Å². The molecule has 4 aromatic rings. The van der Waals surface area contributed by atoms with Crippen molar-refractivity contribution in [3.05, 3.63) is 77.3 Å². The fourth-order valence-electron chi connectivity index (χ4n) is 4.39. The molecular weight excluding hydrogens is 613 g/mol. The van der Waals surface area contributed by atoms with Gasteiger partial charge in [0.05, 0.1) is 6.54 Å². The first-order valence-electron chi connectivity index (χ1n) is 12.0. The third-order valence-electron chi connectivity index (χ3n) is 6.10. The number of nitrogens with zero attached hydrogens (tertiary/aromatic N) is 4. The van der Waals surface area contributed by atoms with Gasteiger partial charge in [0.1, 0.15) is 0 Å². The number of halogens is 4. The van der Waals surface area contributed by atoms with Crippen LogP contribution in [0.4, 0.5) is 28.9 Å². The van der Waals surface area contributed by atoms with Gasteiger partial charge in [0.2, 0.25) is 0 Å². The van der Waals surface area contributed by atoms with Crippen molar-refractivity contribution in [3.63, 3.8) is 0 Å². The molecular formula is C26H22AsF4N5OS2. The second-order valence-electron chi connectivity index (χ2n) is 8.95. The Morgan fingerprint density at radius 3 is 2.82 bits per heavy atom. The molecule has 1 amide bonds. The molecule has 6 nitrogen and oxygen atoms in total. The molecule has 13 heteroatoms. The van der Waals surface area contributed by atoms with Crippen LogP contribution < -0.4 is 10.2 Å². The van der Waals surface area contributed by atoms with Gasteiger partial charge < -0.3 is 0 Å². The van der Waals surface area contributed by atoms with Crippen molar-refractivity contribution in [2.75, 3.05) is 23.3 Å². The summed E-state index contributed by atoms with van der Waals surface area (Å²) >= 11 is 3.71. The van der Waals surface area contributed by atoms with Crippen LogP contribution in [-0.4, -0.2) is 56.1 Å².